The van der Waals surface area contributed by atoms with Crippen LogP contribution in [0.1, 0.15) is 27.1 Å². The number of benzene rings is 1. The number of carbonyl (C=O) groups is 2. The van der Waals surface area contributed by atoms with Gasteiger partial charge in [-0.1, -0.05) is 40.2 Å². The van der Waals surface area contributed by atoms with Gasteiger partial charge in [-0.3, -0.25) is 9.59 Å². The van der Waals surface area contributed by atoms with Gasteiger partial charge >= 0.3 is 0 Å². The van der Waals surface area contributed by atoms with E-state index in [4.69, 9.17) is 0 Å². The van der Waals surface area contributed by atoms with E-state index in [0.29, 0.717) is 11.1 Å². The first-order valence-electron chi connectivity index (χ1n) is 6.24. The van der Waals surface area contributed by atoms with Crippen LogP contribution in [0.2, 0.25) is 0 Å². The Morgan fingerprint density at radius 1 is 1.00 bits per heavy atom. The number of hydrogen-bond donors (Lipinski definition) is 0. The Hall–Kier alpha value is -1.22. The first-order chi connectivity index (χ1) is 8.68. The molecule has 0 aliphatic heterocycles. The molecule has 2 nitrogen and oxygen atoms in total. The summed E-state index contributed by atoms with van der Waals surface area (Å²) in [6.07, 6.45) is 5.22. The lowest BCUT2D eigenvalue weighted by Gasteiger charge is -2.31. The summed E-state index contributed by atoms with van der Waals surface area (Å²) in [7, 11) is 0. The van der Waals surface area contributed by atoms with Crippen LogP contribution in [-0.4, -0.2) is 11.6 Å². The van der Waals surface area contributed by atoms with E-state index in [2.05, 4.69) is 28.1 Å². The van der Waals surface area contributed by atoms with Gasteiger partial charge in [-0.15, -0.1) is 0 Å². The number of hydrogen-bond acceptors (Lipinski definition) is 2. The molecule has 4 unspecified atom stereocenters. The van der Waals surface area contributed by atoms with Crippen molar-refractivity contribution in [2.45, 2.75) is 6.42 Å². The fourth-order valence-electron chi connectivity index (χ4n) is 3.86. The van der Waals surface area contributed by atoms with Crippen LogP contribution in [0.4, 0.5) is 0 Å². The zero-order chi connectivity index (χ0) is 12.4. The quantitative estimate of drug-likeness (QED) is 0.689. The summed E-state index contributed by atoms with van der Waals surface area (Å²) in [5.41, 5.74) is 1.21. The van der Waals surface area contributed by atoms with Crippen molar-refractivity contribution < 1.29 is 9.59 Å². The Labute approximate surface area is 113 Å². The second-order valence-electron chi connectivity index (χ2n) is 5.39. The molecule has 1 aromatic carbocycles. The second kappa shape index (κ2) is 3.41. The predicted octanol–water partition coefficient (Wildman–Crippen LogP) is 3.27. The molecule has 4 atom stereocenters. The number of carbonyl (C=O) groups excluding carboxylic acids is 2. The lowest BCUT2D eigenvalue weighted by Crippen LogP contribution is -2.39. The molecule has 4 rings (SSSR count). The topological polar surface area (TPSA) is 34.1 Å². The third-order valence-electron chi connectivity index (χ3n) is 4.59. The van der Waals surface area contributed by atoms with E-state index in [1.54, 1.807) is 6.07 Å². The minimum Gasteiger partial charge on any atom is -0.294 e. The van der Waals surface area contributed by atoms with Gasteiger partial charge in [-0.05, 0) is 24.3 Å². The monoisotopic (exact) mass is 302 g/mol. The summed E-state index contributed by atoms with van der Waals surface area (Å²) in [4.78, 5) is 25.2. The molecular formula is C15H11BrO2. The Morgan fingerprint density at radius 2 is 1.67 bits per heavy atom. The fourth-order valence-corrected chi connectivity index (χ4v) is 4.42. The summed E-state index contributed by atoms with van der Waals surface area (Å²) in [5, 5.41) is 0. The number of Topliss-reactive ketones (excluding diaryl/α,β-unsaturated/α-hetero) is 2. The van der Waals surface area contributed by atoms with Crippen molar-refractivity contribution in [1.29, 1.82) is 0 Å². The summed E-state index contributed by atoms with van der Waals surface area (Å²) < 4.78 is 0.753. The fraction of sp³-hybridized carbons (Fsp3) is 0.333. The van der Waals surface area contributed by atoms with E-state index in [-0.39, 0.29) is 35.2 Å². The number of allylic oxidation sites excluding steroid dienone is 2. The Balaban J connectivity index is 1.96. The van der Waals surface area contributed by atoms with Crippen LogP contribution < -0.4 is 0 Å². The molecule has 1 fully saturated rings. The summed E-state index contributed by atoms with van der Waals surface area (Å²) >= 11 is 3.41. The molecule has 0 N–H and O–H groups in total. The summed E-state index contributed by atoms with van der Waals surface area (Å²) in [5.74, 6) is 0.653. The summed E-state index contributed by atoms with van der Waals surface area (Å²) in [6.45, 7) is 0. The van der Waals surface area contributed by atoms with Gasteiger partial charge < -0.3 is 0 Å². The molecule has 3 heteroatoms. The molecule has 0 radical (unpaired) electrons. The third-order valence-corrected chi connectivity index (χ3v) is 5.25. The maximum atomic E-state index is 12.6. The van der Waals surface area contributed by atoms with Crippen LogP contribution in [0.25, 0.3) is 0 Å². The lowest BCUT2D eigenvalue weighted by atomic mass is 9.69. The minimum atomic E-state index is -0.112. The molecule has 2 bridgehead atoms. The van der Waals surface area contributed by atoms with Gasteiger partial charge in [0.25, 0.3) is 0 Å². The molecule has 0 spiro atoms. The Bertz CT molecular complexity index is 617. The van der Waals surface area contributed by atoms with Crippen LogP contribution in [-0.2, 0) is 0 Å². The Morgan fingerprint density at radius 3 is 2.39 bits per heavy atom. The number of fused-ring (bicyclic) bond motifs is 6. The number of rotatable bonds is 0. The average molecular weight is 303 g/mol. The van der Waals surface area contributed by atoms with E-state index in [9.17, 15) is 9.59 Å². The van der Waals surface area contributed by atoms with Gasteiger partial charge in [0.05, 0.1) is 0 Å². The van der Waals surface area contributed by atoms with Crippen LogP contribution in [0.3, 0.4) is 0 Å². The number of ketones is 2. The van der Waals surface area contributed by atoms with Gasteiger partial charge in [0.2, 0.25) is 0 Å². The van der Waals surface area contributed by atoms with Crippen molar-refractivity contribution in [3.8, 4) is 0 Å². The Kier molecular flexibility index (Phi) is 2.03. The van der Waals surface area contributed by atoms with Gasteiger partial charge in [-0.25, -0.2) is 0 Å². The molecule has 1 aromatic rings. The molecule has 0 aromatic heterocycles. The van der Waals surface area contributed by atoms with E-state index < -0.39 is 0 Å². The van der Waals surface area contributed by atoms with Crippen LogP contribution >= 0.6 is 15.9 Å². The highest BCUT2D eigenvalue weighted by Crippen LogP contribution is 2.53. The van der Waals surface area contributed by atoms with Crippen LogP contribution in [0.5, 0.6) is 0 Å². The molecule has 1 saturated carbocycles. The van der Waals surface area contributed by atoms with Gasteiger partial charge in [0, 0.05) is 27.4 Å². The van der Waals surface area contributed by atoms with Gasteiger partial charge in [0.15, 0.2) is 11.6 Å². The molecule has 3 aliphatic carbocycles. The van der Waals surface area contributed by atoms with E-state index in [0.717, 1.165) is 10.9 Å². The lowest BCUT2D eigenvalue weighted by molar-refractivity contribution is 0.0720. The highest BCUT2D eigenvalue weighted by molar-refractivity contribution is 9.10. The molecule has 0 heterocycles. The first-order valence-corrected chi connectivity index (χ1v) is 7.03. The zero-order valence-electron chi connectivity index (χ0n) is 9.60. The predicted molar refractivity (Wildman–Crippen MR) is 70.5 cm³/mol. The van der Waals surface area contributed by atoms with Crippen molar-refractivity contribution >= 4 is 27.5 Å². The van der Waals surface area contributed by atoms with Crippen molar-refractivity contribution in [1.82, 2.24) is 0 Å². The first kappa shape index (κ1) is 10.7. The average Bonchev–Trinajstić information content (AvgIpc) is 2.96. The molecule has 0 amide bonds. The SMILES string of the molecule is O=C1c2cccc(Br)c2C(=O)C2C3C=CC(C3)C12. The molecule has 3 aliphatic rings. The molecule has 0 saturated heterocycles. The van der Waals surface area contributed by atoms with Crippen molar-refractivity contribution in [3.63, 3.8) is 0 Å². The largest absolute Gasteiger partial charge is 0.294 e. The third kappa shape index (κ3) is 1.13. The normalized spacial score (nSPS) is 35.8. The minimum absolute atomic E-state index is 0.103. The van der Waals surface area contributed by atoms with Crippen molar-refractivity contribution in [3.05, 3.63) is 46.0 Å². The van der Waals surface area contributed by atoms with Gasteiger partial charge in [0.1, 0.15) is 0 Å². The highest BCUT2D eigenvalue weighted by Gasteiger charge is 2.54. The van der Waals surface area contributed by atoms with Crippen LogP contribution in [0.15, 0.2) is 34.8 Å². The summed E-state index contributed by atoms with van der Waals surface area (Å²) in [6, 6.07) is 5.46. The van der Waals surface area contributed by atoms with Crippen LogP contribution in [0, 0.1) is 23.7 Å². The molecular weight excluding hydrogens is 292 g/mol. The smallest absolute Gasteiger partial charge is 0.169 e. The number of halogens is 1. The van der Waals surface area contributed by atoms with Gasteiger partial charge in [-0.2, -0.15) is 0 Å². The molecule has 90 valence electrons. The van der Waals surface area contributed by atoms with Crippen molar-refractivity contribution in [2.75, 3.05) is 0 Å². The molecule has 18 heavy (non-hydrogen) atoms. The van der Waals surface area contributed by atoms with Crippen molar-refractivity contribution in [2.24, 2.45) is 23.7 Å². The standard InChI is InChI=1S/C15H11BrO2/c16-10-3-1-2-9-13(10)15(18)12-8-5-4-7(6-8)11(12)14(9)17/h1-5,7-8,11-12H,6H2. The second-order valence-corrected chi connectivity index (χ2v) is 6.25. The van der Waals surface area contributed by atoms with E-state index in [1.807, 2.05) is 12.1 Å². The highest BCUT2D eigenvalue weighted by atomic mass is 79.9. The maximum absolute atomic E-state index is 12.6. The zero-order valence-corrected chi connectivity index (χ0v) is 11.2. The van der Waals surface area contributed by atoms with E-state index >= 15 is 0 Å². The maximum Gasteiger partial charge on any atom is 0.169 e. The van der Waals surface area contributed by atoms with E-state index in [1.165, 1.54) is 0 Å².